The van der Waals surface area contributed by atoms with Crippen LogP contribution in [0.4, 0.5) is 4.79 Å². The molecule has 0 radical (unpaired) electrons. The Morgan fingerprint density at radius 3 is 2.58 bits per heavy atom. The number of amides is 2. The van der Waals surface area contributed by atoms with E-state index in [4.69, 9.17) is 4.74 Å². The maximum absolute atomic E-state index is 12.3. The number of carbonyl (C=O) groups excluding carboxylic acids is 2. The first-order valence-electron chi connectivity index (χ1n) is 8.98. The Morgan fingerprint density at radius 2 is 1.92 bits per heavy atom. The Morgan fingerprint density at radius 1 is 1.17 bits per heavy atom. The fraction of sp³-hybridized carbons (Fsp3) is 0.579. The number of rotatable bonds is 6. The average molecular weight is 330 g/mol. The average Bonchev–Trinajstić information content (AvgIpc) is 3.04. The molecule has 2 amide bonds. The second-order valence-corrected chi connectivity index (χ2v) is 6.71. The molecule has 1 saturated heterocycles. The van der Waals surface area contributed by atoms with Crippen LogP contribution in [0.2, 0.25) is 0 Å². The van der Waals surface area contributed by atoms with E-state index in [1.807, 2.05) is 6.07 Å². The van der Waals surface area contributed by atoms with Crippen LogP contribution in [0.1, 0.15) is 43.6 Å². The Bertz CT molecular complexity index is 553. The van der Waals surface area contributed by atoms with E-state index < -0.39 is 0 Å². The molecule has 0 unspecified atom stereocenters. The SMILES string of the molecule is O=C(NCCCN1CCOC1=O)C1CCC(c2ccccc2)CC1. The molecule has 3 rings (SSSR count). The minimum Gasteiger partial charge on any atom is -0.448 e. The van der Waals surface area contributed by atoms with Crippen LogP contribution in [0.3, 0.4) is 0 Å². The van der Waals surface area contributed by atoms with Gasteiger partial charge in [0.15, 0.2) is 0 Å². The number of cyclic esters (lactones) is 1. The Balaban J connectivity index is 1.34. The lowest BCUT2D eigenvalue weighted by Crippen LogP contribution is -2.35. The van der Waals surface area contributed by atoms with Gasteiger partial charge in [0.1, 0.15) is 6.61 Å². The normalized spacial score (nSPS) is 23.8. The van der Waals surface area contributed by atoms with E-state index >= 15 is 0 Å². The van der Waals surface area contributed by atoms with E-state index in [2.05, 4.69) is 29.6 Å². The van der Waals surface area contributed by atoms with Crippen LogP contribution in [-0.4, -0.2) is 43.1 Å². The summed E-state index contributed by atoms with van der Waals surface area (Å²) >= 11 is 0. The summed E-state index contributed by atoms with van der Waals surface area (Å²) in [5.74, 6) is 0.906. The topological polar surface area (TPSA) is 58.6 Å². The van der Waals surface area contributed by atoms with Crippen molar-refractivity contribution in [2.24, 2.45) is 5.92 Å². The zero-order valence-corrected chi connectivity index (χ0v) is 14.1. The van der Waals surface area contributed by atoms with Gasteiger partial charge >= 0.3 is 6.09 Å². The third-order valence-corrected chi connectivity index (χ3v) is 5.12. The maximum atomic E-state index is 12.3. The summed E-state index contributed by atoms with van der Waals surface area (Å²) in [6, 6.07) is 10.6. The first kappa shape index (κ1) is 16.8. The van der Waals surface area contributed by atoms with Crippen molar-refractivity contribution in [2.45, 2.75) is 38.0 Å². The first-order valence-corrected chi connectivity index (χ1v) is 8.98. The molecule has 24 heavy (non-hydrogen) atoms. The lowest BCUT2D eigenvalue weighted by molar-refractivity contribution is -0.126. The van der Waals surface area contributed by atoms with Gasteiger partial charge in [0, 0.05) is 19.0 Å². The molecule has 5 heteroatoms. The molecule has 0 spiro atoms. The van der Waals surface area contributed by atoms with Gasteiger partial charge in [0.05, 0.1) is 6.54 Å². The third kappa shape index (κ3) is 4.28. The van der Waals surface area contributed by atoms with Crippen LogP contribution in [0, 0.1) is 5.92 Å². The van der Waals surface area contributed by atoms with Crippen molar-refractivity contribution < 1.29 is 14.3 Å². The summed E-state index contributed by atoms with van der Waals surface area (Å²) in [7, 11) is 0. The van der Waals surface area contributed by atoms with Crippen LogP contribution >= 0.6 is 0 Å². The van der Waals surface area contributed by atoms with Crippen molar-refractivity contribution in [1.29, 1.82) is 0 Å². The quantitative estimate of drug-likeness (QED) is 0.816. The molecule has 1 N–H and O–H groups in total. The predicted octanol–water partition coefficient (Wildman–Crippen LogP) is 2.92. The molecule has 1 aromatic carbocycles. The second kappa shape index (κ2) is 8.18. The molecule has 1 aliphatic heterocycles. The summed E-state index contributed by atoms with van der Waals surface area (Å²) in [4.78, 5) is 25.3. The summed E-state index contributed by atoms with van der Waals surface area (Å²) in [5.41, 5.74) is 1.40. The van der Waals surface area contributed by atoms with Gasteiger partial charge in [-0.2, -0.15) is 0 Å². The lowest BCUT2D eigenvalue weighted by Gasteiger charge is -2.28. The first-order chi connectivity index (χ1) is 11.7. The van der Waals surface area contributed by atoms with Gasteiger partial charge in [0.25, 0.3) is 0 Å². The number of nitrogens with one attached hydrogen (secondary N) is 1. The van der Waals surface area contributed by atoms with Crippen LogP contribution < -0.4 is 5.32 Å². The van der Waals surface area contributed by atoms with Crippen molar-refractivity contribution in [3.05, 3.63) is 35.9 Å². The van der Waals surface area contributed by atoms with E-state index in [-0.39, 0.29) is 17.9 Å². The zero-order chi connectivity index (χ0) is 16.8. The molecule has 1 aromatic rings. The highest BCUT2D eigenvalue weighted by molar-refractivity contribution is 5.78. The molecule has 5 nitrogen and oxygen atoms in total. The number of hydrogen-bond acceptors (Lipinski definition) is 3. The van der Waals surface area contributed by atoms with Crippen molar-refractivity contribution >= 4 is 12.0 Å². The molecule has 0 bridgehead atoms. The van der Waals surface area contributed by atoms with Crippen LogP contribution in [0.5, 0.6) is 0 Å². The van der Waals surface area contributed by atoms with Gasteiger partial charge in [-0.05, 0) is 43.6 Å². The minimum atomic E-state index is -0.236. The molecule has 1 saturated carbocycles. The monoisotopic (exact) mass is 330 g/mol. The van der Waals surface area contributed by atoms with E-state index in [1.54, 1.807) is 4.90 Å². The summed E-state index contributed by atoms with van der Waals surface area (Å²) in [6.07, 6.45) is 4.64. The van der Waals surface area contributed by atoms with E-state index in [0.29, 0.717) is 32.2 Å². The number of nitrogens with zero attached hydrogens (tertiary/aromatic N) is 1. The Kier molecular flexibility index (Phi) is 5.72. The van der Waals surface area contributed by atoms with Crippen LogP contribution in [0.25, 0.3) is 0 Å². The van der Waals surface area contributed by atoms with Gasteiger partial charge in [-0.3, -0.25) is 4.79 Å². The highest BCUT2D eigenvalue weighted by Crippen LogP contribution is 2.35. The highest BCUT2D eigenvalue weighted by atomic mass is 16.6. The standard InChI is InChI=1S/C19H26N2O3/c22-18(20-11-4-12-21-13-14-24-19(21)23)17-9-7-16(8-10-17)15-5-2-1-3-6-15/h1-3,5-6,16-17H,4,7-14H2,(H,20,22). The largest absolute Gasteiger partial charge is 0.448 e. The molecule has 1 heterocycles. The van der Waals surface area contributed by atoms with Crippen LogP contribution in [-0.2, 0) is 9.53 Å². The zero-order valence-electron chi connectivity index (χ0n) is 14.1. The number of hydrogen-bond donors (Lipinski definition) is 1. The summed E-state index contributed by atoms with van der Waals surface area (Å²) in [5, 5.41) is 3.03. The summed E-state index contributed by atoms with van der Waals surface area (Å²) < 4.78 is 4.88. The van der Waals surface area contributed by atoms with Crippen molar-refractivity contribution in [1.82, 2.24) is 10.2 Å². The molecular formula is C19H26N2O3. The minimum absolute atomic E-state index is 0.140. The molecule has 2 aliphatic rings. The van der Waals surface area contributed by atoms with Gasteiger partial charge in [-0.25, -0.2) is 4.79 Å². The molecular weight excluding hydrogens is 304 g/mol. The molecule has 0 atom stereocenters. The smallest absolute Gasteiger partial charge is 0.409 e. The van der Waals surface area contributed by atoms with E-state index in [1.165, 1.54) is 5.56 Å². The lowest BCUT2D eigenvalue weighted by atomic mass is 9.78. The molecule has 2 fully saturated rings. The van der Waals surface area contributed by atoms with Crippen molar-refractivity contribution in [3.8, 4) is 0 Å². The second-order valence-electron chi connectivity index (χ2n) is 6.71. The highest BCUT2D eigenvalue weighted by Gasteiger charge is 2.27. The van der Waals surface area contributed by atoms with E-state index in [9.17, 15) is 9.59 Å². The van der Waals surface area contributed by atoms with Gasteiger partial charge < -0.3 is 15.0 Å². The van der Waals surface area contributed by atoms with Crippen molar-refractivity contribution in [3.63, 3.8) is 0 Å². The fourth-order valence-electron chi connectivity index (χ4n) is 3.67. The predicted molar refractivity (Wildman–Crippen MR) is 91.7 cm³/mol. The van der Waals surface area contributed by atoms with E-state index in [0.717, 1.165) is 32.1 Å². The molecule has 130 valence electrons. The molecule has 1 aliphatic carbocycles. The van der Waals surface area contributed by atoms with Crippen LogP contribution in [0.15, 0.2) is 30.3 Å². The van der Waals surface area contributed by atoms with Gasteiger partial charge in [-0.1, -0.05) is 30.3 Å². The summed E-state index contributed by atoms with van der Waals surface area (Å²) in [6.45, 7) is 2.42. The maximum Gasteiger partial charge on any atom is 0.409 e. The molecule has 0 aromatic heterocycles. The van der Waals surface area contributed by atoms with Gasteiger partial charge in [0.2, 0.25) is 5.91 Å². The van der Waals surface area contributed by atoms with Gasteiger partial charge in [-0.15, -0.1) is 0 Å². The Labute approximate surface area is 143 Å². The third-order valence-electron chi connectivity index (χ3n) is 5.12. The Hall–Kier alpha value is -2.04. The number of ether oxygens (including phenoxy) is 1. The van der Waals surface area contributed by atoms with Crippen molar-refractivity contribution in [2.75, 3.05) is 26.2 Å². The number of carbonyl (C=O) groups is 2. The number of benzene rings is 1. The fourth-order valence-corrected chi connectivity index (χ4v) is 3.67.